The molecule has 2 heterocycles. The van der Waals surface area contributed by atoms with Crippen molar-refractivity contribution in [1.82, 2.24) is 4.90 Å². The summed E-state index contributed by atoms with van der Waals surface area (Å²) in [6.45, 7) is 4.95. The maximum Gasteiger partial charge on any atom is 0.340 e. The number of halogens is 1. The molecule has 2 amide bonds. The van der Waals surface area contributed by atoms with Gasteiger partial charge in [0.05, 0.1) is 63.2 Å². The fraction of sp³-hybridized carbons (Fsp3) is 0.757. The Hall–Kier alpha value is -2.32. The lowest BCUT2D eigenvalue weighted by Crippen LogP contribution is -2.82. The first-order chi connectivity index (χ1) is 25.4. The van der Waals surface area contributed by atoms with Crippen LogP contribution < -0.4 is 18.9 Å². The molecule has 8 rings (SSSR count). The van der Waals surface area contributed by atoms with Gasteiger partial charge in [-0.3, -0.25) is 14.5 Å². The molecule has 5 aliphatic carbocycles. The fourth-order valence-corrected chi connectivity index (χ4v) is 13.2. The van der Waals surface area contributed by atoms with Gasteiger partial charge in [0, 0.05) is 82.3 Å². The second-order valence-electron chi connectivity index (χ2n) is 16.3. The predicted octanol–water partition coefficient (Wildman–Crippen LogP) is -2.09. The number of fused-ring (bicyclic) bond motifs is 2. The third-order valence-corrected chi connectivity index (χ3v) is 14.5. The highest BCUT2D eigenvalue weighted by Crippen LogP contribution is 2.80. The molecule has 3 N–H and O–H groups in total. The summed E-state index contributed by atoms with van der Waals surface area (Å²) in [7, 11) is 2.01. The number of nitrogens with zero attached hydrogens (tertiary/aromatic N) is 2. The molecule has 300 valence electrons. The number of amides is 2. The fourth-order valence-electron chi connectivity index (χ4n) is 13.2. The average Bonchev–Trinajstić information content (AvgIpc) is 3.65. The van der Waals surface area contributed by atoms with Crippen molar-refractivity contribution in [2.75, 3.05) is 53.0 Å². The first-order valence-corrected chi connectivity index (χ1v) is 19.8. The van der Waals surface area contributed by atoms with Crippen LogP contribution in [0.4, 0.5) is 5.69 Å². The number of esters is 1. The minimum absolute atomic E-state index is 0.0358. The topological polar surface area (TPSA) is 234 Å². The average molecular weight is 783 g/mol. The van der Waals surface area contributed by atoms with Crippen molar-refractivity contribution < 1.29 is 77.2 Å². The van der Waals surface area contributed by atoms with E-state index in [4.69, 9.17) is 42.3 Å². The summed E-state index contributed by atoms with van der Waals surface area (Å²) in [5.74, 6) is -2.47. The minimum atomic E-state index is -4.69. The van der Waals surface area contributed by atoms with Gasteiger partial charge in [0.2, 0.25) is 11.8 Å². The number of imide groups is 1. The van der Waals surface area contributed by atoms with Gasteiger partial charge in [0.1, 0.15) is 11.2 Å². The quantitative estimate of drug-likeness (QED) is 0.180. The van der Waals surface area contributed by atoms with Crippen LogP contribution in [0, 0.1) is 50.7 Å². The number of methoxy groups -OCH3 is 4. The van der Waals surface area contributed by atoms with E-state index in [-0.39, 0.29) is 84.5 Å². The van der Waals surface area contributed by atoms with Crippen molar-refractivity contribution in [3.8, 4) is 0 Å². The Morgan fingerprint density at radius 2 is 1.72 bits per heavy atom. The lowest BCUT2D eigenvalue weighted by Gasteiger charge is -2.70. The van der Waals surface area contributed by atoms with E-state index >= 15 is 0 Å². The highest BCUT2D eigenvalue weighted by atomic mass is 35.7. The minimum Gasteiger partial charge on any atom is -0.461 e. The number of ether oxygens (including phenoxy) is 5. The van der Waals surface area contributed by atoms with Crippen LogP contribution >= 0.6 is 0 Å². The second-order valence-corrected chi connectivity index (χ2v) is 17.1. The molecule has 1 aromatic carbocycles. The smallest absolute Gasteiger partial charge is 0.340 e. The number of benzene rings is 1. The van der Waals surface area contributed by atoms with Crippen LogP contribution in [0.3, 0.4) is 0 Å². The molecule has 1 spiro atoms. The van der Waals surface area contributed by atoms with Crippen molar-refractivity contribution in [3.05, 3.63) is 29.8 Å². The SMILES string of the molecule is CCN1C[C@]2(COC(=O)c3ccccc3N3C(=O)C[C@H](C)C3=O)CC[C@H](OC)[C@]34C1C(O)([C@@H](OC)[C@H]23)[C@@]1(O)C[C@H](OC)[C@H]2C[C@@H]4[C@@H]1[C@H]2OC.[O-][Cl+3]([O-])([O-])O. The van der Waals surface area contributed by atoms with Gasteiger partial charge in [-0.05, 0) is 43.9 Å². The Morgan fingerprint density at radius 3 is 2.30 bits per heavy atom. The molecule has 16 nitrogen and oxygen atoms in total. The highest BCUT2D eigenvalue weighted by Gasteiger charge is 2.91. The van der Waals surface area contributed by atoms with Crippen LogP contribution in [0.15, 0.2) is 24.3 Å². The van der Waals surface area contributed by atoms with Crippen molar-refractivity contribution in [3.63, 3.8) is 0 Å². The lowest BCUT2D eigenvalue weighted by atomic mass is 9.42. The van der Waals surface area contributed by atoms with E-state index < -0.39 is 56.3 Å². The second kappa shape index (κ2) is 13.7. The van der Waals surface area contributed by atoms with Crippen molar-refractivity contribution in [2.24, 2.45) is 40.4 Å². The summed E-state index contributed by atoms with van der Waals surface area (Å²) < 4.78 is 64.1. The standard InChI is InChI=1S/C37H50N2O10.ClHO4/c1-7-38-17-34(18-49-32(42)20-10-8-9-11-23(20)39-26(40)14-19(2)31(39)41)13-12-25(46-4)36-22-15-21-24(45-3)16-35(43,27(22)28(21)47-5)37(44,33(36)38)30(48-6)29(34)36;2-1(3,4)5/h8-11,19,21-22,24-25,27-30,33,43-44H,7,12-18H2,1-6H3;(H,2,3,4,5)/t19-,21+,22+,24-,25-,27+,28-,29+,30-,33?,34-,35+,36-,37?;/m0./s1. The summed E-state index contributed by atoms with van der Waals surface area (Å²) in [5, 5.41) is 26.6. The number of piperidine rings is 1. The molecule has 17 heteroatoms. The van der Waals surface area contributed by atoms with Crippen molar-refractivity contribution in [1.29, 1.82) is 0 Å². The van der Waals surface area contributed by atoms with Gasteiger partial charge in [-0.1, -0.05) is 26.0 Å². The number of likely N-dealkylation sites (N-methyl/N-ethyl adjacent to an activating group) is 1. The first-order valence-electron chi connectivity index (χ1n) is 18.5. The van der Waals surface area contributed by atoms with Crippen LogP contribution in [0.2, 0.25) is 0 Å². The summed E-state index contributed by atoms with van der Waals surface area (Å²) in [5.41, 5.74) is -4.17. The van der Waals surface area contributed by atoms with E-state index in [1.807, 2.05) is 0 Å². The Morgan fingerprint density at radius 1 is 1.04 bits per heavy atom. The molecule has 7 bridgehead atoms. The van der Waals surface area contributed by atoms with Gasteiger partial charge >= 0.3 is 5.97 Å². The molecule has 14 atom stereocenters. The molecule has 0 radical (unpaired) electrons. The maximum absolute atomic E-state index is 14.1. The molecule has 7 fully saturated rings. The monoisotopic (exact) mass is 782 g/mol. The molecular weight excluding hydrogens is 732 g/mol. The Kier molecular flexibility index (Phi) is 10.1. The summed E-state index contributed by atoms with van der Waals surface area (Å²) in [4.78, 5) is 43.3. The number of carbonyl (C=O) groups excluding carboxylic acids is 3. The number of rotatable bonds is 9. The van der Waals surface area contributed by atoms with Gasteiger partial charge in [0.15, 0.2) is 0 Å². The number of aliphatic hydroxyl groups is 2. The Balaban J connectivity index is 0.000000846. The number of para-hydroxylation sites is 1. The van der Waals surface area contributed by atoms with Gasteiger partial charge < -0.3 is 33.9 Å². The molecular formula is C37H51ClN2O14. The Bertz CT molecular complexity index is 1660. The third-order valence-electron chi connectivity index (χ3n) is 14.5. The highest BCUT2D eigenvalue weighted by molar-refractivity contribution is 6.22. The normalized spacial score (nSPS) is 44.6. The van der Waals surface area contributed by atoms with Crippen molar-refractivity contribution in [2.45, 2.75) is 87.6 Å². The van der Waals surface area contributed by atoms with Gasteiger partial charge in [-0.25, -0.2) is 9.69 Å². The largest absolute Gasteiger partial charge is 0.461 e. The van der Waals surface area contributed by atoms with Crippen LogP contribution in [0.5, 0.6) is 0 Å². The molecule has 54 heavy (non-hydrogen) atoms. The van der Waals surface area contributed by atoms with Crippen LogP contribution in [-0.2, 0) is 33.3 Å². The number of anilines is 1. The van der Waals surface area contributed by atoms with Gasteiger partial charge in [-0.15, -0.1) is 0 Å². The predicted molar refractivity (Wildman–Crippen MR) is 177 cm³/mol. The zero-order valence-corrected chi connectivity index (χ0v) is 32.1. The van der Waals surface area contributed by atoms with E-state index in [2.05, 4.69) is 11.8 Å². The molecule has 7 aliphatic rings. The van der Waals surface area contributed by atoms with E-state index in [1.54, 1.807) is 59.6 Å². The number of hydrogen-bond acceptors (Lipinski definition) is 15. The molecule has 0 aromatic heterocycles. The first kappa shape index (κ1) is 39.9. The number of likely N-dealkylation sites (tertiary alicyclic amines) is 1. The third kappa shape index (κ3) is 5.25. The van der Waals surface area contributed by atoms with Crippen LogP contribution in [0.25, 0.3) is 0 Å². The van der Waals surface area contributed by atoms with Crippen molar-refractivity contribution >= 4 is 23.5 Å². The van der Waals surface area contributed by atoms with Crippen LogP contribution in [0.1, 0.15) is 56.3 Å². The van der Waals surface area contributed by atoms with E-state index in [1.165, 1.54) is 0 Å². The zero-order valence-electron chi connectivity index (χ0n) is 31.3. The molecule has 1 aromatic rings. The Labute approximate surface area is 316 Å². The zero-order chi connectivity index (χ0) is 39.3. The number of carbonyl (C=O) groups is 3. The summed E-state index contributed by atoms with van der Waals surface area (Å²) in [6.07, 6.45) is 0.813. The molecule has 2 saturated heterocycles. The van der Waals surface area contributed by atoms with Gasteiger partial charge in [-0.2, -0.15) is 14.0 Å². The lowest BCUT2D eigenvalue weighted by molar-refractivity contribution is -1.92. The van der Waals surface area contributed by atoms with Gasteiger partial charge in [0.25, 0.3) is 0 Å². The van der Waals surface area contributed by atoms with E-state index in [0.717, 1.165) is 11.3 Å². The van der Waals surface area contributed by atoms with E-state index in [0.29, 0.717) is 25.9 Å². The number of hydrogen-bond donors (Lipinski definition) is 3. The molecule has 5 saturated carbocycles. The van der Waals surface area contributed by atoms with E-state index in [9.17, 15) is 24.6 Å². The summed E-state index contributed by atoms with van der Waals surface area (Å²) >= 11 is 0. The van der Waals surface area contributed by atoms with Crippen LogP contribution in [-0.4, -0.2) is 127 Å². The molecule has 2 unspecified atom stereocenters. The maximum atomic E-state index is 14.1. The summed E-state index contributed by atoms with van der Waals surface area (Å²) in [6, 6.07) is 6.12. The molecule has 2 aliphatic heterocycles.